The standard InChI is InChI=1S/C20H19S.C9H3F9O3S/c1-16-13-14-20(17(2)15-16)21(18-9-5-3-6-10-18)19-11-7-4-8-12-19;10-7(11,12)3-1-4(8(13,14)15)6(22(19,20)21)5(2-3)9(16,17)18/h3-15H,1-2H3;1-2H,(H,19,20,21)/q+1;/p-1. The maximum absolute atomic E-state index is 12.6. The first-order chi connectivity index (χ1) is 19.7. The zero-order valence-corrected chi connectivity index (χ0v) is 23.7. The minimum atomic E-state index is -6.35. The van der Waals surface area contributed by atoms with Crippen LogP contribution in [0.2, 0.25) is 0 Å². The summed E-state index contributed by atoms with van der Waals surface area (Å²) in [5, 5.41) is 0. The van der Waals surface area contributed by atoms with E-state index in [4.69, 9.17) is 0 Å². The summed E-state index contributed by atoms with van der Waals surface area (Å²) in [6, 6.07) is 26.7. The first kappa shape index (κ1) is 34.0. The first-order valence-corrected chi connectivity index (χ1v) is 14.6. The first-order valence-electron chi connectivity index (χ1n) is 12.0. The highest BCUT2D eigenvalue weighted by atomic mass is 32.2. The topological polar surface area (TPSA) is 57.2 Å². The second-order valence-electron chi connectivity index (χ2n) is 9.05. The van der Waals surface area contributed by atoms with Crippen LogP contribution < -0.4 is 0 Å². The third kappa shape index (κ3) is 8.54. The molecule has 0 aromatic heterocycles. The summed E-state index contributed by atoms with van der Waals surface area (Å²) in [6.45, 7) is 4.37. The molecule has 0 amide bonds. The maximum atomic E-state index is 12.6. The molecular weight excluding hydrogens is 631 g/mol. The summed E-state index contributed by atoms with van der Waals surface area (Å²) >= 11 is 0. The van der Waals surface area contributed by atoms with Crippen molar-refractivity contribution in [2.75, 3.05) is 0 Å². The highest BCUT2D eigenvalue weighted by Crippen LogP contribution is 2.45. The Morgan fingerprint density at radius 3 is 1.35 bits per heavy atom. The molecule has 4 aromatic rings. The van der Waals surface area contributed by atoms with Gasteiger partial charge in [-0.3, -0.25) is 0 Å². The number of rotatable bonds is 4. The van der Waals surface area contributed by atoms with E-state index < -0.39 is 62.4 Å². The molecule has 0 N–H and O–H groups in total. The van der Waals surface area contributed by atoms with Gasteiger partial charge in [-0.2, -0.15) is 39.5 Å². The summed E-state index contributed by atoms with van der Waals surface area (Å²) in [4.78, 5) is 1.37. The van der Waals surface area contributed by atoms with E-state index in [-0.39, 0.29) is 10.9 Å². The smallest absolute Gasteiger partial charge is 0.417 e. The van der Waals surface area contributed by atoms with Gasteiger partial charge in [0.05, 0.1) is 32.5 Å². The minimum Gasteiger partial charge on any atom is -0.744 e. The SMILES string of the molecule is Cc1ccc([S+](c2ccccc2)c2ccccc2)c(C)c1.O=S(=O)([O-])c1c(C(F)(F)F)cc(C(F)(F)F)cc1C(F)(F)F. The van der Waals surface area contributed by atoms with Gasteiger partial charge in [0, 0.05) is 5.56 Å². The molecule has 0 saturated carbocycles. The second kappa shape index (κ2) is 12.6. The average molecular weight is 653 g/mol. The molecule has 4 rings (SSSR count). The molecule has 0 saturated heterocycles. The van der Waals surface area contributed by atoms with E-state index in [1.165, 1.54) is 25.8 Å². The van der Waals surface area contributed by atoms with Crippen LogP contribution in [0, 0.1) is 13.8 Å². The average Bonchev–Trinajstić information content (AvgIpc) is 2.89. The van der Waals surface area contributed by atoms with Gasteiger partial charge in [0.1, 0.15) is 10.1 Å². The minimum absolute atomic E-state index is 0.0345. The Kier molecular flexibility index (Phi) is 9.98. The van der Waals surface area contributed by atoms with Crippen molar-refractivity contribution >= 4 is 21.0 Å². The van der Waals surface area contributed by atoms with Gasteiger partial charge in [0.15, 0.2) is 14.7 Å². The lowest BCUT2D eigenvalue weighted by atomic mass is 10.0. The highest BCUT2D eigenvalue weighted by Gasteiger charge is 2.46. The van der Waals surface area contributed by atoms with Crippen molar-refractivity contribution in [2.24, 2.45) is 0 Å². The van der Waals surface area contributed by atoms with Crippen LogP contribution in [0.1, 0.15) is 27.8 Å². The second-order valence-corrected chi connectivity index (χ2v) is 12.4. The van der Waals surface area contributed by atoms with E-state index in [1.807, 2.05) is 0 Å². The van der Waals surface area contributed by atoms with Crippen molar-refractivity contribution < 1.29 is 52.5 Å². The predicted molar refractivity (Wildman–Crippen MR) is 140 cm³/mol. The van der Waals surface area contributed by atoms with Gasteiger partial charge in [-0.15, -0.1) is 0 Å². The van der Waals surface area contributed by atoms with Crippen molar-refractivity contribution in [3.63, 3.8) is 0 Å². The molecule has 3 nitrogen and oxygen atoms in total. The fraction of sp³-hybridized carbons (Fsp3) is 0.172. The molecule has 0 aliphatic heterocycles. The Morgan fingerprint density at radius 1 is 0.605 bits per heavy atom. The molecule has 0 unspecified atom stereocenters. The van der Waals surface area contributed by atoms with E-state index in [0.29, 0.717) is 0 Å². The highest BCUT2D eigenvalue weighted by molar-refractivity contribution is 7.97. The Balaban J connectivity index is 0.000000235. The van der Waals surface area contributed by atoms with E-state index >= 15 is 0 Å². The number of hydrogen-bond donors (Lipinski definition) is 0. The quantitative estimate of drug-likeness (QED) is 0.126. The number of hydrogen-bond acceptors (Lipinski definition) is 3. The van der Waals surface area contributed by atoms with Crippen LogP contribution in [-0.2, 0) is 39.5 Å². The van der Waals surface area contributed by atoms with Crippen LogP contribution in [0.25, 0.3) is 0 Å². The lowest BCUT2D eigenvalue weighted by molar-refractivity contribution is -0.152. The Morgan fingerprint density at radius 2 is 1.02 bits per heavy atom. The van der Waals surface area contributed by atoms with Crippen molar-refractivity contribution in [1.82, 2.24) is 0 Å². The molecule has 230 valence electrons. The van der Waals surface area contributed by atoms with Crippen LogP contribution in [-0.4, -0.2) is 13.0 Å². The summed E-state index contributed by atoms with van der Waals surface area (Å²) in [6.07, 6.45) is -17.5. The van der Waals surface area contributed by atoms with Gasteiger partial charge >= 0.3 is 18.5 Å². The van der Waals surface area contributed by atoms with E-state index in [1.54, 1.807) is 0 Å². The number of alkyl halides is 9. The molecule has 4 aromatic carbocycles. The Hall–Kier alpha value is -3.49. The molecule has 0 aliphatic carbocycles. The molecule has 0 bridgehead atoms. The van der Waals surface area contributed by atoms with Crippen molar-refractivity contribution in [3.8, 4) is 0 Å². The molecule has 0 spiro atoms. The number of halogens is 9. The molecule has 14 heteroatoms. The summed E-state index contributed by atoms with van der Waals surface area (Å²) in [5.41, 5.74) is -5.36. The number of aryl methyl sites for hydroxylation is 2. The molecule has 0 atom stereocenters. The fourth-order valence-corrected chi connectivity index (χ4v) is 7.13. The summed E-state index contributed by atoms with van der Waals surface area (Å²) in [5.74, 6) is 0. The van der Waals surface area contributed by atoms with Gasteiger partial charge in [-0.25, -0.2) is 8.42 Å². The Labute approximate surface area is 244 Å². The van der Waals surface area contributed by atoms with Gasteiger partial charge in [0.2, 0.25) is 0 Å². The van der Waals surface area contributed by atoms with Gasteiger partial charge in [-0.05, 0) is 56.3 Å². The lowest BCUT2D eigenvalue weighted by Gasteiger charge is -2.22. The molecule has 0 fully saturated rings. The van der Waals surface area contributed by atoms with E-state index in [2.05, 4.69) is 92.7 Å². The van der Waals surface area contributed by atoms with Crippen molar-refractivity contribution in [1.29, 1.82) is 0 Å². The monoisotopic (exact) mass is 652 g/mol. The van der Waals surface area contributed by atoms with Crippen LogP contribution in [0.3, 0.4) is 0 Å². The van der Waals surface area contributed by atoms with Crippen molar-refractivity contribution in [3.05, 3.63) is 119 Å². The molecular formula is C29H21F9O3S2. The van der Waals surface area contributed by atoms with Gasteiger partial charge in [-0.1, -0.05) is 54.1 Å². The third-order valence-electron chi connectivity index (χ3n) is 5.79. The molecule has 0 radical (unpaired) electrons. The van der Waals surface area contributed by atoms with Crippen molar-refractivity contribution in [2.45, 2.75) is 52.0 Å². The predicted octanol–water partition coefficient (Wildman–Crippen LogP) is 9.05. The molecule has 0 aliphatic rings. The van der Waals surface area contributed by atoms with E-state index in [0.717, 1.165) is 0 Å². The van der Waals surface area contributed by atoms with Crippen LogP contribution in [0.5, 0.6) is 0 Å². The molecule has 43 heavy (non-hydrogen) atoms. The van der Waals surface area contributed by atoms with Crippen LogP contribution in [0.4, 0.5) is 39.5 Å². The maximum Gasteiger partial charge on any atom is 0.417 e. The molecule has 0 heterocycles. The van der Waals surface area contributed by atoms with Crippen LogP contribution in [0.15, 0.2) is 111 Å². The summed E-state index contributed by atoms with van der Waals surface area (Å²) in [7, 11) is -6.38. The summed E-state index contributed by atoms with van der Waals surface area (Å²) < 4.78 is 145. The lowest BCUT2D eigenvalue weighted by Crippen LogP contribution is -2.22. The largest absolute Gasteiger partial charge is 0.744 e. The fourth-order valence-electron chi connectivity index (χ4n) is 4.01. The van der Waals surface area contributed by atoms with Gasteiger partial charge in [0.25, 0.3) is 0 Å². The van der Waals surface area contributed by atoms with Crippen LogP contribution >= 0.6 is 0 Å². The van der Waals surface area contributed by atoms with E-state index in [9.17, 15) is 52.5 Å². The normalized spacial score (nSPS) is 12.6. The third-order valence-corrected chi connectivity index (χ3v) is 9.11. The zero-order chi connectivity index (χ0) is 32.4. The van der Waals surface area contributed by atoms with Gasteiger partial charge < -0.3 is 4.55 Å². The number of benzene rings is 4. The Bertz CT molecular complexity index is 1590. The zero-order valence-electron chi connectivity index (χ0n) is 22.1.